The van der Waals surface area contributed by atoms with Crippen LogP contribution in [-0.4, -0.2) is 51.9 Å². The van der Waals surface area contributed by atoms with Crippen LogP contribution in [0.2, 0.25) is 0 Å². The molecular weight excluding hydrogens is 474 g/mol. The molecule has 188 valence electrons. The number of carbonyl (C=O) groups excluding carboxylic acids is 1. The molecule has 0 radical (unpaired) electrons. The minimum Gasteiger partial charge on any atom is -0.494 e. The van der Waals surface area contributed by atoms with Crippen molar-refractivity contribution in [2.24, 2.45) is 0 Å². The number of aromatic amines is 1. The van der Waals surface area contributed by atoms with Gasteiger partial charge in [0.2, 0.25) is 5.89 Å². The summed E-state index contributed by atoms with van der Waals surface area (Å²) in [6, 6.07) is 14.8. The Morgan fingerprint density at radius 1 is 1.08 bits per heavy atom. The number of H-pyrrole nitrogens is 1. The van der Waals surface area contributed by atoms with Gasteiger partial charge in [0.1, 0.15) is 17.0 Å². The molecular formula is C27H25N5O5. The molecule has 2 aromatic carbocycles. The van der Waals surface area contributed by atoms with Crippen molar-refractivity contribution in [1.29, 1.82) is 0 Å². The first-order valence-corrected chi connectivity index (χ1v) is 12.1. The number of rotatable bonds is 5. The fourth-order valence-electron chi connectivity index (χ4n) is 4.78. The van der Waals surface area contributed by atoms with Crippen LogP contribution in [0.5, 0.6) is 5.75 Å². The summed E-state index contributed by atoms with van der Waals surface area (Å²) in [5.74, 6) is 0.0301. The van der Waals surface area contributed by atoms with Crippen molar-refractivity contribution >= 4 is 22.7 Å². The third kappa shape index (κ3) is 3.95. The van der Waals surface area contributed by atoms with Crippen molar-refractivity contribution in [3.63, 3.8) is 0 Å². The molecule has 5 aromatic rings. The highest BCUT2D eigenvalue weighted by Gasteiger charge is 2.29. The van der Waals surface area contributed by atoms with Crippen molar-refractivity contribution in [3.8, 4) is 28.3 Å². The zero-order valence-electron chi connectivity index (χ0n) is 20.4. The van der Waals surface area contributed by atoms with Gasteiger partial charge in [0, 0.05) is 30.5 Å². The molecule has 10 nitrogen and oxygen atoms in total. The summed E-state index contributed by atoms with van der Waals surface area (Å²) in [4.78, 5) is 36.8. The van der Waals surface area contributed by atoms with Crippen LogP contribution in [0.1, 0.15) is 29.0 Å². The minimum absolute atomic E-state index is 0.00274. The van der Waals surface area contributed by atoms with E-state index in [4.69, 9.17) is 18.9 Å². The molecule has 2 N–H and O–H groups in total. The first kappa shape index (κ1) is 23.0. The molecule has 1 amide bonds. The maximum Gasteiger partial charge on any atom is 0.286 e. The van der Waals surface area contributed by atoms with Gasteiger partial charge in [-0.1, -0.05) is 36.4 Å². The van der Waals surface area contributed by atoms with Gasteiger partial charge in [-0.15, -0.1) is 0 Å². The lowest BCUT2D eigenvalue weighted by Gasteiger charge is -2.23. The molecule has 4 heterocycles. The lowest BCUT2D eigenvalue weighted by atomic mass is 10.1. The standard InChI is InChI=1S/C27H25N5O5/c1-15-20(16-7-4-3-5-8-16)24-29-23(25(33)28-17-11-13-36-14-12-17)21(27(34)32(24)31-15)26-30-22-18(35-2)9-6-10-19(22)37-26/h3-10,17,31H,11-14H2,1-2H3,(H,28,33). The van der Waals surface area contributed by atoms with Crippen LogP contribution in [0.15, 0.2) is 57.7 Å². The number of benzene rings is 2. The van der Waals surface area contributed by atoms with E-state index in [1.807, 2.05) is 37.3 Å². The molecule has 6 rings (SSSR count). The van der Waals surface area contributed by atoms with Crippen molar-refractivity contribution < 1.29 is 18.7 Å². The predicted molar refractivity (Wildman–Crippen MR) is 137 cm³/mol. The first-order valence-electron chi connectivity index (χ1n) is 12.1. The number of carbonyl (C=O) groups is 1. The Bertz CT molecular complexity index is 1680. The summed E-state index contributed by atoms with van der Waals surface area (Å²) in [5.41, 5.74) is 3.03. The molecule has 0 spiro atoms. The Balaban J connectivity index is 1.59. The van der Waals surface area contributed by atoms with Gasteiger partial charge in [-0.05, 0) is 37.5 Å². The summed E-state index contributed by atoms with van der Waals surface area (Å²) in [5, 5.41) is 6.13. The molecule has 3 aromatic heterocycles. The lowest BCUT2D eigenvalue weighted by molar-refractivity contribution is 0.0694. The minimum atomic E-state index is -0.488. The summed E-state index contributed by atoms with van der Waals surface area (Å²) in [6.45, 7) is 2.99. The number of fused-ring (bicyclic) bond motifs is 2. The van der Waals surface area contributed by atoms with Crippen molar-refractivity contribution in [2.75, 3.05) is 20.3 Å². The van der Waals surface area contributed by atoms with E-state index in [1.165, 1.54) is 11.6 Å². The third-order valence-electron chi connectivity index (χ3n) is 6.61. The number of nitrogens with one attached hydrogen (secondary N) is 2. The van der Waals surface area contributed by atoms with Crippen LogP contribution in [0.25, 0.3) is 39.3 Å². The number of amides is 1. The average Bonchev–Trinajstić information content (AvgIpc) is 3.50. The zero-order chi connectivity index (χ0) is 25.5. The molecule has 1 fully saturated rings. The monoisotopic (exact) mass is 499 g/mol. The number of ether oxygens (including phenoxy) is 2. The summed E-state index contributed by atoms with van der Waals surface area (Å²) in [7, 11) is 1.53. The lowest BCUT2D eigenvalue weighted by Crippen LogP contribution is -2.40. The number of hydrogen-bond acceptors (Lipinski definition) is 7. The summed E-state index contributed by atoms with van der Waals surface area (Å²) in [6.07, 6.45) is 1.36. The van der Waals surface area contributed by atoms with Crippen molar-refractivity contribution in [2.45, 2.75) is 25.8 Å². The normalized spacial score (nSPS) is 14.3. The number of hydrogen-bond donors (Lipinski definition) is 2. The molecule has 1 aliphatic heterocycles. The van der Waals surface area contributed by atoms with Crippen LogP contribution in [0.3, 0.4) is 0 Å². The Morgan fingerprint density at radius 3 is 2.62 bits per heavy atom. The molecule has 0 saturated carbocycles. The van der Waals surface area contributed by atoms with Gasteiger partial charge in [0.15, 0.2) is 16.7 Å². The van der Waals surface area contributed by atoms with Gasteiger partial charge < -0.3 is 19.2 Å². The molecule has 0 bridgehead atoms. The molecule has 1 aliphatic rings. The largest absolute Gasteiger partial charge is 0.494 e. The highest BCUT2D eigenvalue weighted by atomic mass is 16.5. The second kappa shape index (κ2) is 9.21. The van der Waals surface area contributed by atoms with Gasteiger partial charge in [-0.25, -0.2) is 14.5 Å². The van der Waals surface area contributed by atoms with Gasteiger partial charge in [-0.3, -0.25) is 14.7 Å². The summed E-state index contributed by atoms with van der Waals surface area (Å²) >= 11 is 0. The maximum absolute atomic E-state index is 13.9. The van der Waals surface area contributed by atoms with Gasteiger partial charge >= 0.3 is 0 Å². The van der Waals surface area contributed by atoms with E-state index >= 15 is 0 Å². The molecule has 37 heavy (non-hydrogen) atoms. The third-order valence-corrected chi connectivity index (χ3v) is 6.61. The Kier molecular flexibility index (Phi) is 5.72. The van der Waals surface area contributed by atoms with E-state index in [2.05, 4.69) is 15.4 Å². The van der Waals surface area contributed by atoms with Crippen molar-refractivity contribution in [1.82, 2.24) is 24.9 Å². The highest BCUT2D eigenvalue weighted by molar-refractivity contribution is 6.00. The van der Waals surface area contributed by atoms with Crippen LogP contribution in [0, 0.1) is 6.92 Å². The number of methoxy groups -OCH3 is 1. The second-order valence-corrected chi connectivity index (χ2v) is 8.96. The maximum atomic E-state index is 13.9. The Hall–Kier alpha value is -4.44. The fraction of sp³-hybridized carbons (Fsp3) is 0.259. The number of para-hydroxylation sites is 1. The van der Waals surface area contributed by atoms with E-state index in [0.717, 1.165) is 16.8 Å². The molecule has 0 unspecified atom stereocenters. The first-order chi connectivity index (χ1) is 18.0. The van der Waals surface area contributed by atoms with E-state index in [-0.39, 0.29) is 23.2 Å². The smallest absolute Gasteiger partial charge is 0.286 e. The Labute approximate surface area is 211 Å². The molecule has 0 atom stereocenters. The zero-order valence-corrected chi connectivity index (χ0v) is 20.4. The van der Waals surface area contributed by atoms with E-state index < -0.39 is 11.5 Å². The quantitative estimate of drug-likeness (QED) is 0.378. The number of aromatic nitrogens is 4. The number of nitrogens with zero attached hydrogens (tertiary/aromatic N) is 3. The van der Waals surface area contributed by atoms with Crippen LogP contribution in [0.4, 0.5) is 0 Å². The number of aryl methyl sites for hydroxylation is 1. The fourth-order valence-corrected chi connectivity index (χ4v) is 4.78. The van der Waals surface area contributed by atoms with Crippen molar-refractivity contribution in [3.05, 3.63) is 70.3 Å². The average molecular weight is 500 g/mol. The van der Waals surface area contributed by atoms with Gasteiger partial charge in [0.05, 0.1) is 7.11 Å². The highest BCUT2D eigenvalue weighted by Crippen LogP contribution is 2.32. The van der Waals surface area contributed by atoms with Crippen LogP contribution in [-0.2, 0) is 4.74 Å². The van der Waals surface area contributed by atoms with E-state index in [1.54, 1.807) is 18.2 Å². The van der Waals surface area contributed by atoms with Crippen LogP contribution >= 0.6 is 0 Å². The second-order valence-electron chi connectivity index (χ2n) is 8.96. The number of oxazole rings is 1. The molecule has 0 aliphatic carbocycles. The SMILES string of the molecule is COc1cccc2oc(-c3c(C(=O)NC4CCOCC4)nc4c(-c5ccccc5)c(C)[nH]n4c3=O)nc12. The molecule has 1 saturated heterocycles. The van der Waals surface area contributed by atoms with Gasteiger partial charge in [0.25, 0.3) is 11.5 Å². The predicted octanol–water partition coefficient (Wildman–Crippen LogP) is 3.72. The van der Waals surface area contributed by atoms with Gasteiger partial charge in [-0.2, -0.15) is 0 Å². The molecule has 10 heteroatoms. The summed E-state index contributed by atoms with van der Waals surface area (Å²) < 4.78 is 18.1. The van der Waals surface area contributed by atoms with E-state index in [0.29, 0.717) is 48.6 Å². The van der Waals surface area contributed by atoms with Crippen LogP contribution < -0.4 is 15.6 Å². The Morgan fingerprint density at radius 2 is 1.86 bits per heavy atom. The topological polar surface area (TPSA) is 124 Å². The van der Waals surface area contributed by atoms with E-state index in [9.17, 15) is 9.59 Å².